The maximum absolute atomic E-state index is 12.7. The molecule has 0 aliphatic heterocycles. The molecule has 1 aromatic heterocycles. The van der Waals surface area contributed by atoms with Gasteiger partial charge in [-0.05, 0) is 17.7 Å². The van der Waals surface area contributed by atoms with Crippen molar-refractivity contribution in [2.45, 2.75) is 13.1 Å². The SMILES string of the molecule is Nc1cnn(CC(=O)NCc2ccc(F)cc2)n1. The lowest BCUT2D eigenvalue weighted by atomic mass is 10.2. The Morgan fingerprint density at radius 3 is 2.72 bits per heavy atom. The summed E-state index contributed by atoms with van der Waals surface area (Å²) in [7, 11) is 0. The zero-order chi connectivity index (χ0) is 13.0. The molecule has 18 heavy (non-hydrogen) atoms. The van der Waals surface area contributed by atoms with E-state index in [0.717, 1.165) is 5.56 Å². The number of nitrogens with two attached hydrogens (primary N) is 1. The number of rotatable bonds is 4. The summed E-state index contributed by atoms with van der Waals surface area (Å²) in [5.74, 6) is -0.280. The van der Waals surface area contributed by atoms with Gasteiger partial charge < -0.3 is 11.1 Å². The van der Waals surface area contributed by atoms with E-state index in [1.54, 1.807) is 12.1 Å². The molecule has 94 valence electrons. The van der Waals surface area contributed by atoms with Crippen LogP contribution in [0.5, 0.6) is 0 Å². The molecule has 0 aliphatic carbocycles. The molecule has 6 nitrogen and oxygen atoms in total. The fraction of sp³-hybridized carbons (Fsp3) is 0.182. The zero-order valence-electron chi connectivity index (χ0n) is 9.51. The molecule has 0 unspecified atom stereocenters. The lowest BCUT2D eigenvalue weighted by Crippen LogP contribution is -2.28. The molecule has 0 aliphatic rings. The molecule has 0 fully saturated rings. The maximum atomic E-state index is 12.7. The third-order valence-corrected chi connectivity index (χ3v) is 2.24. The van der Waals surface area contributed by atoms with E-state index in [1.165, 1.54) is 23.1 Å². The van der Waals surface area contributed by atoms with Gasteiger partial charge in [-0.2, -0.15) is 9.90 Å². The fourth-order valence-electron chi connectivity index (χ4n) is 1.37. The Balaban J connectivity index is 1.83. The lowest BCUT2D eigenvalue weighted by Gasteiger charge is -2.04. The molecule has 0 bridgehead atoms. The second-order valence-corrected chi connectivity index (χ2v) is 3.70. The Morgan fingerprint density at radius 1 is 1.39 bits per heavy atom. The Hall–Kier alpha value is -2.44. The minimum atomic E-state index is -0.304. The van der Waals surface area contributed by atoms with Crippen molar-refractivity contribution in [3.8, 4) is 0 Å². The van der Waals surface area contributed by atoms with E-state index in [4.69, 9.17) is 5.73 Å². The summed E-state index contributed by atoms with van der Waals surface area (Å²) in [5.41, 5.74) is 6.19. The number of carbonyl (C=O) groups is 1. The Bertz CT molecular complexity index is 537. The largest absolute Gasteiger partial charge is 0.381 e. The highest BCUT2D eigenvalue weighted by atomic mass is 19.1. The van der Waals surface area contributed by atoms with Crippen LogP contribution in [0.4, 0.5) is 10.2 Å². The van der Waals surface area contributed by atoms with Crippen molar-refractivity contribution in [1.82, 2.24) is 20.3 Å². The van der Waals surface area contributed by atoms with E-state index >= 15 is 0 Å². The van der Waals surface area contributed by atoms with Crippen molar-refractivity contribution in [2.75, 3.05) is 5.73 Å². The molecule has 2 rings (SSSR count). The zero-order valence-corrected chi connectivity index (χ0v) is 9.51. The summed E-state index contributed by atoms with van der Waals surface area (Å²) < 4.78 is 12.7. The molecule has 1 heterocycles. The molecule has 0 radical (unpaired) electrons. The van der Waals surface area contributed by atoms with E-state index in [2.05, 4.69) is 15.5 Å². The summed E-state index contributed by atoms with van der Waals surface area (Å²) in [6, 6.07) is 5.91. The molecule has 3 N–H and O–H groups in total. The van der Waals surface area contributed by atoms with Gasteiger partial charge in [0.25, 0.3) is 0 Å². The quantitative estimate of drug-likeness (QED) is 0.816. The number of hydrogen-bond acceptors (Lipinski definition) is 4. The third kappa shape index (κ3) is 3.27. The predicted molar refractivity (Wildman–Crippen MR) is 62.7 cm³/mol. The van der Waals surface area contributed by atoms with E-state index in [-0.39, 0.29) is 24.1 Å². The highest BCUT2D eigenvalue weighted by Gasteiger charge is 2.04. The third-order valence-electron chi connectivity index (χ3n) is 2.24. The minimum absolute atomic E-state index is 0.00159. The van der Waals surface area contributed by atoms with Crippen LogP contribution in [0.25, 0.3) is 0 Å². The van der Waals surface area contributed by atoms with Gasteiger partial charge in [-0.1, -0.05) is 12.1 Å². The number of aromatic nitrogens is 3. The number of nitrogens with one attached hydrogen (secondary N) is 1. The van der Waals surface area contributed by atoms with Crippen LogP contribution in [0, 0.1) is 5.82 Å². The maximum Gasteiger partial charge on any atom is 0.243 e. The number of anilines is 1. The number of nitrogens with zero attached hydrogens (tertiary/aromatic N) is 3. The molecular formula is C11H12FN5O. The lowest BCUT2D eigenvalue weighted by molar-refractivity contribution is -0.122. The molecule has 0 saturated carbocycles. The second kappa shape index (κ2) is 5.26. The number of benzene rings is 1. The molecule has 7 heteroatoms. The van der Waals surface area contributed by atoms with Gasteiger partial charge in [0, 0.05) is 6.54 Å². The first-order chi connectivity index (χ1) is 8.63. The van der Waals surface area contributed by atoms with E-state index in [0.29, 0.717) is 6.54 Å². The van der Waals surface area contributed by atoms with E-state index in [9.17, 15) is 9.18 Å². The van der Waals surface area contributed by atoms with Crippen molar-refractivity contribution in [2.24, 2.45) is 0 Å². The Kier molecular flexibility index (Phi) is 3.52. The van der Waals surface area contributed by atoms with Gasteiger partial charge in [-0.15, -0.1) is 5.10 Å². The molecule has 0 saturated heterocycles. The number of amides is 1. The van der Waals surface area contributed by atoms with Crippen molar-refractivity contribution >= 4 is 11.7 Å². The summed E-state index contributed by atoms with van der Waals surface area (Å²) in [6.45, 7) is 0.328. The van der Waals surface area contributed by atoms with Gasteiger partial charge in [-0.3, -0.25) is 4.79 Å². The summed E-state index contributed by atoms with van der Waals surface area (Å²) >= 11 is 0. The molecule has 1 amide bonds. The minimum Gasteiger partial charge on any atom is -0.381 e. The van der Waals surface area contributed by atoms with Crippen LogP contribution in [0.3, 0.4) is 0 Å². The van der Waals surface area contributed by atoms with Gasteiger partial charge in [0.05, 0.1) is 6.20 Å². The van der Waals surface area contributed by atoms with Crippen molar-refractivity contribution in [1.29, 1.82) is 0 Å². The molecule has 0 atom stereocenters. The average molecular weight is 249 g/mol. The number of nitrogen functional groups attached to an aromatic ring is 1. The van der Waals surface area contributed by atoms with Crippen LogP contribution in [-0.2, 0) is 17.9 Å². The molecule has 0 spiro atoms. The van der Waals surface area contributed by atoms with Crippen molar-refractivity contribution in [3.63, 3.8) is 0 Å². The van der Waals surface area contributed by atoms with Crippen LogP contribution in [0.1, 0.15) is 5.56 Å². The first kappa shape index (κ1) is 12.0. The average Bonchev–Trinajstić information content (AvgIpc) is 2.74. The number of carbonyl (C=O) groups excluding carboxylic acids is 1. The monoisotopic (exact) mass is 249 g/mol. The van der Waals surface area contributed by atoms with Crippen molar-refractivity contribution in [3.05, 3.63) is 41.8 Å². The van der Waals surface area contributed by atoms with Gasteiger partial charge in [-0.25, -0.2) is 4.39 Å². The molecule has 2 aromatic rings. The smallest absolute Gasteiger partial charge is 0.243 e. The van der Waals surface area contributed by atoms with E-state index in [1.807, 2.05) is 0 Å². The van der Waals surface area contributed by atoms with E-state index < -0.39 is 0 Å². The van der Waals surface area contributed by atoms with Crippen LogP contribution < -0.4 is 11.1 Å². The fourth-order valence-corrected chi connectivity index (χ4v) is 1.37. The molecular weight excluding hydrogens is 237 g/mol. The molecule has 1 aromatic carbocycles. The summed E-state index contributed by atoms with van der Waals surface area (Å²) in [4.78, 5) is 12.7. The van der Waals surface area contributed by atoms with Gasteiger partial charge in [0.15, 0.2) is 5.82 Å². The standard InChI is InChI=1S/C11H12FN5O/c12-9-3-1-8(2-4-9)5-14-11(18)7-17-15-6-10(13)16-17/h1-4,6H,5,7H2,(H2,13,16)(H,14,18). The van der Waals surface area contributed by atoms with Crippen LogP contribution >= 0.6 is 0 Å². The predicted octanol–water partition coefficient (Wildman–Crippen LogP) is 0.316. The second-order valence-electron chi connectivity index (χ2n) is 3.70. The van der Waals surface area contributed by atoms with Crippen LogP contribution in [0.2, 0.25) is 0 Å². The summed E-state index contributed by atoms with van der Waals surface area (Å²) in [6.07, 6.45) is 1.37. The van der Waals surface area contributed by atoms with Crippen LogP contribution in [0.15, 0.2) is 30.5 Å². The highest BCUT2D eigenvalue weighted by molar-refractivity contribution is 5.75. The van der Waals surface area contributed by atoms with Gasteiger partial charge in [0.1, 0.15) is 12.4 Å². The van der Waals surface area contributed by atoms with Crippen molar-refractivity contribution < 1.29 is 9.18 Å². The van der Waals surface area contributed by atoms with Gasteiger partial charge >= 0.3 is 0 Å². The first-order valence-corrected chi connectivity index (χ1v) is 5.30. The van der Waals surface area contributed by atoms with Gasteiger partial charge in [0.2, 0.25) is 5.91 Å². The first-order valence-electron chi connectivity index (χ1n) is 5.30. The Morgan fingerprint density at radius 2 is 2.11 bits per heavy atom. The normalized spacial score (nSPS) is 10.3. The van der Waals surface area contributed by atoms with Crippen LogP contribution in [-0.4, -0.2) is 20.9 Å². The topological polar surface area (TPSA) is 85.8 Å². The highest BCUT2D eigenvalue weighted by Crippen LogP contribution is 2.02. The number of halogens is 1. The Labute approximate surface area is 103 Å². The number of hydrogen-bond donors (Lipinski definition) is 2. The summed E-state index contributed by atoms with van der Waals surface area (Å²) in [5, 5.41) is 10.3.